The molecule has 0 atom stereocenters. The van der Waals surface area contributed by atoms with E-state index in [9.17, 15) is 4.39 Å². The van der Waals surface area contributed by atoms with Gasteiger partial charge in [-0.2, -0.15) is 11.8 Å². The number of halogens is 1. The van der Waals surface area contributed by atoms with Crippen LogP contribution in [0.2, 0.25) is 0 Å². The third-order valence-corrected chi connectivity index (χ3v) is 4.15. The summed E-state index contributed by atoms with van der Waals surface area (Å²) in [5.41, 5.74) is 6.75. The lowest BCUT2D eigenvalue weighted by atomic mass is 9.90. The monoisotopic (exact) mass is 239 g/mol. The van der Waals surface area contributed by atoms with E-state index in [-0.39, 0.29) is 0 Å². The SMILES string of the molecule is NCc1ccc(CC2(F)CCSCC2)cc1. The second-order valence-corrected chi connectivity index (χ2v) is 5.69. The molecule has 0 amide bonds. The molecule has 0 aliphatic carbocycles. The molecule has 0 aromatic heterocycles. The molecule has 1 aromatic carbocycles. The fourth-order valence-corrected chi connectivity index (χ4v) is 3.30. The quantitative estimate of drug-likeness (QED) is 0.877. The highest BCUT2D eigenvalue weighted by Crippen LogP contribution is 2.33. The maximum atomic E-state index is 14.4. The summed E-state index contributed by atoms with van der Waals surface area (Å²) in [6.07, 6.45) is 1.94. The molecule has 0 radical (unpaired) electrons. The molecule has 2 rings (SSSR count). The molecule has 1 aromatic rings. The third-order valence-electron chi connectivity index (χ3n) is 3.17. The number of rotatable bonds is 3. The first kappa shape index (κ1) is 11.9. The van der Waals surface area contributed by atoms with Crippen LogP contribution >= 0.6 is 11.8 Å². The number of alkyl halides is 1. The molecule has 3 heteroatoms. The first-order valence-electron chi connectivity index (χ1n) is 5.76. The Morgan fingerprint density at radius 2 is 1.69 bits per heavy atom. The van der Waals surface area contributed by atoms with Gasteiger partial charge in [0, 0.05) is 13.0 Å². The number of benzene rings is 1. The first-order valence-corrected chi connectivity index (χ1v) is 6.92. The summed E-state index contributed by atoms with van der Waals surface area (Å²) in [5, 5.41) is 0. The molecule has 0 spiro atoms. The fourth-order valence-electron chi connectivity index (χ4n) is 2.07. The smallest absolute Gasteiger partial charge is 0.116 e. The van der Waals surface area contributed by atoms with Crippen molar-refractivity contribution in [3.8, 4) is 0 Å². The number of hydrogen-bond acceptors (Lipinski definition) is 2. The van der Waals surface area contributed by atoms with Crippen molar-refractivity contribution in [3.05, 3.63) is 35.4 Å². The molecule has 16 heavy (non-hydrogen) atoms. The Labute approximate surface area is 101 Å². The van der Waals surface area contributed by atoms with Crippen LogP contribution in [0, 0.1) is 0 Å². The van der Waals surface area contributed by atoms with Crippen molar-refractivity contribution in [1.29, 1.82) is 0 Å². The predicted molar refractivity (Wildman–Crippen MR) is 68.4 cm³/mol. The highest BCUT2D eigenvalue weighted by atomic mass is 32.2. The van der Waals surface area contributed by atoms with Crippen LogP contribution in [0.5, 0.6) is 0 Å². The largest absolute Gasteiger partial charge is 0.326 e. The zero-order chi connectivity index (χ0) is 11.4. The Balaban J connectivity index is 2.01. The van der Waals surface area contributed by atoms with Gasteiger partial charge < -0.3 is 5.73 Å². The van der Waals surface area contributed by atoms with E-state index in [0.29, 0.717) is 25.8 Å². The van der Waals surface area contributed by atoms with E-state index in [1.54, 1.807) is 0 Å². The van der Waals surface area contributed by atoms with Crippen LogP contribution in [0.1, 0.15) is 24.0 Å². The van der Waals surface area contributed by atoms with Crippen molar-refractivity contribution in [3.63, 3.8) is 0 Å². The summed E-state index contributed by atoms with van der Waals surface area (Å²) in [6, 6.07) is 8.00. The van der Waals surface area contributed by atoms with E-state index in [2.05, 4.69) is 0 Å². The van der Waals surface area contributed by atoms with Crippen LogP contribution in [-0.4, -0.2) is 17.2 Å². The van der Waals surface area contributed by atoms with Gasteiger partial charge in [0.1, 0.15) is 5.67 Å². The van der Waals surface area contributed by atoms with Gasteiger partial charge in [-0.3, -0.25) is 0 Å². The number of thioether (sulfide) groups is 1. The first-order chi connectivity index (χ1) is 7.72. The van der Waals surface area contributed by atoms with Gasteiger partial charge in [-0.1, -0.05) is 24.3 Å². The van der Waals surface area contributed by atoms with E-state index in [4.69, 9.17) is 5.73 Å². The highest BCUT2D eigenvalue weighted by Gasteiger charge is 2.31. The van der Waals surface area contributed by atoms with Crippen LogP contribution in [0.15, 0.2) is 24.3 Å². The summed E-state index contributed by atoms with van der Waals surface area (Å²) in [5.74, 6) is 1.91. The van der Waals surface area contributed by atoms with Crippen molar-refractivity contribution >= 4 is 11.8 Å². The summed E-state index contributed by atoms with van der Waals surface area (Å²) in [6.45, 7) is 0.553. The van der Waals surface area contributed by atoms with Crippen LogP contribution in [-0.2, 0) is 13.0 Å². The van der Waals surface area contributed by atoms with Crippen LogP contribution in [0.3, 0.4) is 0 Å². The Morgan fingerprint density at radius 1 is 1.12 bits per heavy atom. The van der Waals surface area contributed by atoms with Crippen LogP contribution in [0.25, 0.3) is 0 Å². The Bertz CT molecular complexity index is 330. The Kier molecular flexibility index (Phi) is 3.87. The normalized spacial score (nSPS) is 19.6. The molecule has 1 fully saturated rings. The molecule has 1 heterocycles. The summed E-state index contributed by atoms with van der Waals surface area (Å²) >= 11 is 1.86. The maximum absolute atomic E-state index is 14.4. The standard InChI is InChI=1S/C13H18FNS/c14-13(5-7-16-8-6-13)9-11-1-3-12(10-15)4-2-11/h1-4H,5-10,15H2. The van der Waals surface area contributed by atoms with Crippen molar-refractivity contribution in [2.24, 2.45) is 5.73 Å². The average molecular weight is 239 g/mol. The van der Waals surface area contributed by atoms with E-state index in [1.165, 1.54) is 0 Å². The summed E-state index contributed by atoms with van der Waals surface area (Å²) < 4.78 is 14.4. The minimum absolute atomic E-state index is 0.553. The topological polar surface area (TPSA) is 26.0 Å². The van der Waals surface area contributed by atoms with E-state index in [1.807, 2.05) is 36.0 Å². The molecule has 0 saturated carbocycles. The van der Waals surface area contributed by atoms with Crippen molar-refractivity contribution in [2.75, 3.05) is 11.5 Å². The van der Waals surface area contributed by atoms with Crippen molar-refractivity contribution in [2.45, 2.75) is 31.5 Å². The van der Waals surface area contributed by atoms with Crippen molar-refractivity contribution < 1.29 is 4.39 Å². The second-order valence-electron chi connectivity index (χ2n) is 4.46. The minimum Gasteiger partial charge on any atom is -0.326 e. The van der Waals surface area contributed by atoms with Gasteiger partial charge in [0.15, 0.2) is 0 Å². The van der Waals surface area contributed by atoms with Crippen LogP contribution in [0.4, 0.5) is 4.39 Å². The molecule has 2 N–H and O–H groups in total. The molecule has 1 aliphatic rings. The zero-order valence-corrected chi connectivity index (χ0v) is 10.2. The van der Waals surface area contributed by atoms with Crippen molar-refractivity contribution in [1.82, 2.24) is 0 Å². The molecule has 1 aliphatic heterocycles. The van der Waals surface area contributed by atoms with Gasteiger partial charge in [-0.25, -0.2) is 4.39 Å². The van der Waals surface area contributed by atoms with E-state index < -0.39 is 5.67 Å². The van der Waals surface area contributed by atoms with Gasteiger partial charge in [-0.05, 0) is 35.5 Å². The summed E-state index contributed by atoms with van der Waals surface area (Å²) in [4.78, 5) is 0. The van der Waals surface area contributed by atoms with Crippen LogP contribution < -0.4 is 5.73 Å². The predicted octanol–water partition coefficient (Wildman–Crippen LogP) is 2.92. The molecule has 0 bridgehead atoms. The minimum atomic E-state index is -0.977. The Hall–Kier alpha value is -0.540. The molecule has 0 unspecified atom stereocenters. The molecular weight excluding hydrogens is 221 g/mol. The van der Waals surface area contributed by atoms with Gasteiger partial charge in [0.2, 0.25) is 0 Å². The van der Waals surface area contributed by atoms with Gasteiger partial charge in [0.25, 0.3) is 0 Å². The number of nitrogens with two attached hydrogens (primary N) is 1. The maximum Gasteiger partial charge on any atom is 0.116 e. The summed E-state index contributed by atoms with van der Waals surface area (Å²) in [7, 11) is 0. The molecule has 1 saturated heterocycles. The lowest BCUT2D eigenvalue weighted by Crippen LogP contribution is -2.30. The van der Waals surface area contributed by atoms with E-state index in [0.717, 1.165) is 22.6 Å². The lowest BCUT2D eigenvalue weighted by molar-refractivity contribution is 0.150. The van der Waals surface area contributed by atoms with Gasteiger partial charge in [0.05, 0.1) is 0 Å². The molecule has 1 nitrogen and oxygen atoms in total. The van der Waals surface area contributed by atoms with E-state index >= 15 is 0 Å². The third kappa shape index (κ3) is 2.98. The zero-order valence-electron chi connectivity index (χ0n) is 9.42. The molecular formula is C13H18FNS. The lowest BCUT2D eigenvalue weighted by Gasteiger charge is -2.29. The fraction of sp³-hybridized carbons (Fsp3) is 0.538. The Morgan fingerprint density at radius 3 is 2.25 bits per heavy atom. The van der Waals surface area contributed by atoms with Gasteiger partial charge in [-0.15, -0.1) is 0 Å². The van der Waals surface area contributed by atoms with Gasteiger partial charge >= 0.3 is 0 Å². The highest BCUT2D eigenvalue weighted by molar-refractivity contribution is 7.99. The second kappa shape index (κ2) is 5.19. The average Bonchev–Trinajstić information content (AvgIpc) is 2.30. The molecule has 88 valence electrons. The number of hydrogen-bond donors (Lipinski definition) is 1.